The van der Waals surface area contributed by atoms with Gasteiger partial charge >= 0.3 is 6.18 Å². The van der Waals surface area contributed by atoms with E-state index >= 15 is 0 Å². The molecule has 0 bridgehead atoms. The number of halogens is 3. The van der Waals surface area contributed by atoms with E-state index in [1.165, 1.54) is 17.0 Å². The zero-order valence-electron chi connectivity index (χ0n) is 11.6. The zero-order valence-corrected chi connectivity index (χ0v) is 11.6. The Kier molecular flexibility index (Phi) is 3.93. The highest BCUT2D eigenvalue weighted by Crippen LogP contribution is 2.31. The molecule has 21 heavy (non-hydrogen) atoms. The van der Waals surface area contributed by atoms with Crippen LogP contribution >= 0.6 is 0 Å². The lowest BCUT2D eigenvalue weighted by molar-refractivity contribution is -0.137. The molecule has 1 aliphatic heterocycles. The molecule has 1 fully saturated rings. The molecule has 0 aliphatic carbocycles. The van der Waals surface area contributed by atoms with E-state index in [1.807, 2.05) is 0 Å². The molecule has 1 saturated heterocycles. The second-order valence-electron chi connectivity index (χ2n) is 5.22. The summed E-state index contributed by atoms with van der Waals surface area (Å²) in [5, 5.41) is 2.49. The number of piperazine rings is 1. The molecule has 0 aromatic heterocycles. The minimum Gasteiger partial charge on any atom is -0.345 e. The molecule has 0 radical (unpaired) electrons. The van der Waals surface area contributed by atoms with E-state index in [9.17, 15) is 22.8 Å². The molecule has 1 aromatic carbocycles. The average Bonchev–Trinajstić information content (AvgIpc) is 2.40. The first-order valence-corrected chi connectivity index (χ1v) is 6.49. The highest BCUT2D eigenvalue weighted by molar-refractivity contribution is 6.06. The van der Waals surface area contributed by atoms with Crippen molar-refractivity contribution in [3.63, 3.8) is 0 Å². The molecule has 2 rings (SSSR count). The lowest BCUT2D eigenvalue weighted by atomic mass is 9.98. The van der Waals surface area contributed by atoms with Crippen LogP contribution in [0.4, 0.5) is 18.9 Å². The number of benzene rings is 1. The van der Waals surface area contributed by atoms with Gasteiger partial charge in [-0.25, -0.2) is 0 Å². The maximum absolute atomic E-state index is 12.6. The summed E-state index contributed by atoms with van der Waals surface area (Å²) in [7, 11) is 0. The second-order valence-corrected chi connectivity index (χ2v) is 5.22. The van der Waals surface area contributed by atoms with Crippen LogP contribution < -0.4 is 10.2 Å². The largest absolute Gasteiger partial charge is 0.416 e. The molecule has 114 valence electrons. The Morgan fingerprint density at radius 1 is 1.19 bits per heavy atom. The number of anilines is 1. The molecule has 1 N–H and O–H groups in total. The van der Waals surface area contributed by atoms with Crippen LogP contribution in [0.5, 0.6) is 0 Å². The van der Waals surface area contributed by atoms with Gasteiger partial charge in [0.1, 0.15) is 6.04 Å². The SMILES string of the molecule is CC(C)C1C(=O)NCC(=O)N1c1ccc(C(F)(F)F)cc1. The third kappa shape index (κ3) is 3.01. The van der Waals surface area contributed by atoms with Gasteiger partial charge in [0.25, 0.3) is 0 Å². The van der Waals surface area contributed by atoms with Crippen molar-refractivity contribution in [2.45, 2.75) is 26.1 Å². The highest BCUT2D eigenvalue weighted by atomic mass is 19.4. The van der Waals surface area contributed by atoms with Gasteiger partial charge in [0, 0.05) is 5.69 Å². The van der Waals surface area contributed by atoms with Gasteiger partial charge in [0.05, 0.1) is 12.1 Å². The van der Waals surface area contributed by atoms with Crippen molar-refractivity contribution in [1.82, 2.24) is 5.32 Å². The second kappa shape index (κ2) is 5.38. The number of carbonyl (C=O) groups excluding carboxylic acids is 2. The van der Waals surface area contributed by atoms with Gasteiger partial charge in [-0.15, -0.1) is 0 Å². The van der Waals surface area contributed by atoms with E-state index in [0.29, 0.717) is 5.69 Å². The fourth-order valence-corrected chi connectivity index (χ4v) is 2.34. The van der Waals surface area contributed by atoms with Crippen LogP contribution in [0.25, 0.3) is 0 Å². The van der Waals surface area contributed by atoms with Crippen molar-refractivity contribution in [3.05, 3.63) is 29.8 Å². The summed E-state index contributed by atoms with van der Waals surface area (Å²) in [4.78, 5) is 25.2. The van der Waals surface area contributed by atoms with Crippen molar-refractivity contribution in [2.75, 3.05) is 11.4 Å². The molecule has 0 spiro atoms. The summed E-state index contributed by atoms with van der Waals surface area (Å²) < 4.78 is 37.7. The minimum absolute atomic E-state index is 0.150. The van der Waals surface area contributed by atoms with Crippen LogP contribution in [-0.2, 0) is 15.8 Å². The van der Waals surface area contributed by atoms with Crippen molar-refractivity contribution >= 4 is 17.5 Å². The highest BCUT2D eigenvalue weighted by Gasteiger charge is 2.38. The Hall–Kier alpha value is -2.05. The van der Waals surface area contributed by atoms with Gasteiger partial charge < -0.3 is 5.32 Å². The lowest BCUT2D eigenvalue weighted by Gasteiger charge is -2.37. The zero-order chi connectivity index (χ0) is 15.8. The summed E-state index contributed by atoms with van der Waals surface area (Å²) in [6.07, 6.45) is -4.43. The number of carbonyl (C=O) groups is 2. The molecule has 1 heterocycles. The molecule has 1 aliphatic rings. The molecule has 7 heteroatoms. The Bertz CT molecular complexity index is 552. The predicted octanol–water partition coefficient (Wildman–Crippen LogP) is 2.19. The molecular formula is C14H15F3N2O2. The third-order valence-electron chi connectivity index (χ3n) is 3.33. The Morgan fingerprint density at radius 2 is 1.76 bits per heavy atom. The van der Waals surface area contributed by atoms with E-state index in [0.717, 1.165) is 12.1 Å². The van der Waals surface area contributed by atoms with Gasteiger partial charge in [-0.1, -0.05) is 13.8 Å². The van der Waals surface area contributed by atoms with Gasteiger partial charge in [-0.3, -0.25) is 14.5 Å². The summed E-state index contributed by atoms with van der Waals surface area (Å²) in [6.45, 7) is 3.41. The number of alkyl halides is 3. The van der Waals surface area contributed by atoms with E-state index in [4.69, 9.17) is 0 Å². The van der Waals surface area contributed by atoms with Crippen LogP contribution in [0.3, 0.4) is 0 Å². The Morgan fingerprint density at radius 3 is 2.24 bits per heavy atom. The molecule has 4 nitrogen and oxygen atoms in total. The molecule has 1 atom stereocenters. The summed E-state index contributed by atoms with van der Waals surface area (Å²) in [5.74, 6) is -0.797. The normalized spacial score (nSPS) is 19.9. The number of nitrogens with zero attached hydrogens (tertiary/aromatic N) is 1. The maximum atomic E-state index is 12.6. The third-order valence-corrected chi connectivity index (χ3v) is 3.33. The quantitative estimate of drug-likeness (QED) is 0.910. The molecule has 2 amide bonds. The fourth-order valence-electron chi connectivity index (χ4n) is 2.34. The van der Waals surface area contributed by atoms with Crippen LogP contribution in [0.2, 0.25) is 0 Å². The molecule has 0 saturated carbocycles. The molecule has 1 aromatic rings. The lowest BCUT2D eigenvalue weighted by Crippen LogP contribution is -2.60. The maximum Gasteiger partial charge on any atom is 0.416 e. The van der Waals surface area contributed by atoms with Crippen molar-refractivity contribution in [2.24, 2.45) is 5.92 Å². The monoisotopic (exact) mass is 300 g/mol. The first-order valence-electron chi connectivity index (χ1n) is 6.49. The number of rotatable bonds is 2. The van der Waals surface area contributed by atoms with E-state index in [1.54, 1.807) is 13.8 Å². The topological polar surface area (TPSA) is 49.4 Å². The number of hydrogen-bond acceptors (Lipinski definition) is 2. The van der Waals surface area contributed by atoms with Crippen LogP contribution in [0, 0.1) is 5.92 Å². The first-order chi connectivity index (χ1) is 9.71. The predicted molar refractivity (Wildman–Crippen MR) is 70.6 cm³/mol. The first kappa shape index (κ1) is 15.3. The average molecular weight is 300 g/mol. The summed E-state index contributed by atoms with van der Waals surface area (Å²) in [5.41, 5.74) is -0.497. The molecular weight excluding hydrogens is 285 g/mol. The van der Waals surface area contributed by atoms with Crippen molar-refractivity contribution in [3.8, 4) is 0 Å². The number of nitrogens with one attached hydrogen (secondary N) is 1. The summed E-state index contributed by atoms with van der Waals surface area (Å²) in [6, 6.07) is 3.53. The van der Waals surface area contributed by atoms with Gasteiger partial charge in [-0.05, 0) is 30.2 Å². The fraction of sp³-hybridized carbons (Fsp3) is 0.429. The van der Waals surface area contributed by atoms with Gasteiger partial charge in [0.15, 0.2) is 0 Å². The Balaban J connectivity index is 2.37. The van der Waals surface area contributed by atoms with E-state index < -0.39 is 17.8 Å². The molecule has 1 unspecified atom stereocenters. The van der Waals surface area contributed by atoms with Crippen molar-refractivity contribution < 1.29 is 22.8 Å². The van der Waals surface area contributed by atoms with E-state index in [2.05, 4.69) is 5.32 Å². The van der Waals surface area contributed by atoms with Crippen LogP contribution in [-0.4, -0.2) is 24.4 Å². The standard InChI is InChI=1S/C14H15F3N2O2/c1-8(2)12-13(21)18-7-11(20)19(12)10-5-3-9(4-6-10)14(15,16)17/h3-6,8,12H,7H2,1-2H3,(H,18,21). The smallest absolute Gasteiger partial charge is 0.345 e. The van der Waals surface area contributed by atoms with Crippen LogP contribution in [0.15, 0.2) is 24.3 Å². The number of amides is 2. The van der Waals surface area contributed by atoms with Crippen LogP contribution in [0.1, 0.15) is 19.4 Å². The van der Waals surface area contributed by atoms with Crippen molar-refractivity contribution in [1.29, 1.82) is 0 Å². The van der Waals surface area contributed by atoms with Gasteiger partial charge in [0.2, 0.25) is 11.8 Å². The number of hydrogen-bond donors (Lipinski definition) is 1. The van der Waals surface area contributed by atoms with Gasteiger partial charge in [-0.2, -0.15) is 13.2 Å². The Labute approximate surface area is 119 Å². The van der Waals surface area contributed by atoms with E-state index in [-0.39, 0.29) is 24.3 Å². The minimum atomic E-state index is -4.43. The summed E-state index contributed by atoms with van der Waals surface area (Å²) >= 11 is 0.